The molecule has 0 heterocycles. The van der Waals surface area contributed by atoms with E-state index in [0.29, 0.717) is 19.4 Å². The minimum Gasteiger partial charge on any atom is -0.392 e. The summed E-state index contributed by atoms with van der Waals surface area (Å²) in [5.74, 6) is -0.298. The number of benzene rings is 1. The fourth-order valence-electron chi connectivity index (χ4n) is 3.08. The highest BCUT2D eigenvalue weighted by Crippen LogP contribution is 2.40. The van der Waals surface area contributed by atoms with Gasteiger partial charge in [-0.15, -0.1) is 0 Å². The number of aliphatic hydroxyl groups excluding tert-OH is 1. The van der Waals surface area contributed by atoms with E-state index in [0.717, 1.165) is 18.4 Å². The summed E-state index contributed by atoms with van der Waals surface area (Å²) in [6, 6.07) is 5.75. The third-order valence-electron chi connectivity index (χ3n) is 4.31. The van der Waals surface area contributed by atoms with Gasteiger partial charge in [0.05, 0.1) is 6.10 Å². The summed E-state index contributed by atoms with van der Waals surface area (Å²) in [6.07, 6.45) is 2.41. The van der Waals surface area contributed by atoms with E-state index in [-0.39, 0.29) is 12.4 Å². The normalized spacial score (nSPS) is 24.2. The van der Waals surface area contributed by atoms with Gasteiger partial charge in [-0.05, 0) is 37.0 Å². The van der Waals surface area contributed by atoms with Crippen LogP contribution in [-0.4, -0.2) is 37.0 Å². The Morgan fingerprint density at radius 2 is 2.05 bits per heavy atom. The molecule has 0 bridgehead atoms. The van der Waals surface area contributed by atoms with E-state index in [4.69, 9.17) is 0 Å². The van der Waals surface area contributed by atoms with Crippen molar-refractivity contribution < 1.29 is 18.7 Å². The molecule has 2 unspecified atom stereocenters. The van der Waals surface area contributed by atoms with E-state index in [9.17, 15) is 18.7 Å². The second-order valence-electron chi connectivity index (χ2n) is 5.87. The number of hydrogen-bond donors (Lipinski definition) is 3. The molecule has 0 aliphatic heterocycles. The number of carbonyl (C=O) groups is 1. The number of halogens is 2. The van der Waals surface area contributed by atoms with Gasteiger partial charge in [-0.2, -0.15) is 0 Å². The van der Waals surface area contributed by atoms with Crippen molar-refractivity contribution in [1.29, 1.82) is 0 Å². The van der Waals surface area contributed by atoms with Crippen molar-refractivity contribution in [2.75, 3.05) is 19.8 Å². The minimum atomic E-state index is -0.614. The zero-order valence-electron chi connectivity index (χ0n) is 12.4. The van der Waals surface area contributed by atoms with Gasteiger partial charge in [-0.25, -0.2) is 13.6 Å². The van der Waals surface area contributed by atoms with Gasteiger partial charge in [0.2, 0.25) is 0 Å². The maximum Gasteiger partial charge on any atom is 0.314 e. The van der Waals surface area contributed by atoms with Gasteiger partial charge >= 0.3 is 6.03 Å². The number of carbonyl (C=O) groups excluding carboxylic acids is 1. The van der Waals surface area contributed by atoms with E-state index >= 15 is 0 Å². The smallest absolute Gasteiger partial charge is 0.314 e. The molecule has 1 fully saturated rings. The van der Waals surface area contributed by atoms with Crippen LogP contribution in [0.5, 0.6) is 0 Å². The maximum atomic E-state index is 13.0. The second-order valence-corrected chi connectivity index (χ2v) is 5.87. The summed E-state index contributed by atoms with van der Waals surface area (Å²) >= 11 is 0. The first-order valence-corrected chi connectivity index (χ1v) is 7.56. The number of hydrogen-bond acceptors (Lipinski definition) is 2. The average molecular weight is 312 g/mol. The second kappa shape index (κ2) is 7.54. The Balaban J connectivity index is 2.01. The van der Waals surface area contributed by atoms with Crippen molar-refractivity contribution in [3.8, 4) is 0 Å². The lowest BCUT2D eigenvalue weighted by Gasteiger charge is -2.33. The Bertz CT molecular complexity index is 495. The first-order chi connectivity index (χ1) is 10.6. The number of amides is 2. The molecule has 122 valence electrons. The fourth-order valence-corrected chi connectivity index (χ4v) is 3.08. The van der Waals surface area contributed by atoms with E-state index in [2.05, 4.69) is 10.6 Å². The Kier molecular flexibility index (Phi) is 5.71. The highest BCUT2D eigenvalue weighted by atomic mass is 19.1. The molecule has 1 aliphatic rings. The molecule has 1 aromatic rings. The van der Waals surface area contributed by atoms with Gasteiger partial charge in [-0.1, -0.05) is 18.6 Å². The fraction of sp³-hybridized carbons (Fsp3) is 0.562. The number of rotatable bonds is 6. The van der Waals surface area contributed by atoms with Crippen LogP contribution in [0, 0.1) is 11.2 Å². The van der Waals surface area contributed by atoms with E-state index in [1.165, 1.54) is 12.1 Å². The molecule has 1 saturated carbocycles. The van der Waals surface area contributed by atoms with Crippen molar-refractivity contribution in [1.82, 2.24) is 10.6 Å². The molecular weight excluding hydrogens is 290 g/mol. The highest BCUT2D eigenvalue weighted by molar-refractivity contribution is 5.73. The molecule has 2 amide bonds. The summed E-state index contributed by atoms with van der Waals surface area (Å²) < 4.78 is 25.0. The van der Waals surface area contributed by atoms with Gasteiger partial charge in [0.25, 0.3) is 0 Å². The van der Waals surface area contributed by atoms with Crippen molar-refractivity contribution in [3.05, 3.63) is 35.6 Å². The standard InChI is InChI=1S/C16H22F2N2O2/c17-8-9-19-15(22)20-11-16(7-1-2-14(16)21)10-12-3-5-13(18)6-4-12/h3-6,14,21H,1-2,7-11H2,(H2,19,20,22). The van der Waals surface area contributed by atoms with Gasteiger partial charge < -0.3 is 15.7 Å². The molecular formula is C16H22F2N2O2. The van der Waals surface area contributed by atoms with Gasteiger partial charge in [0.1, 0.15) is 12.5 Å². The molecule has 0 spiro atoms. The van der Waals surface area contributed by atoms with Crippen molar-refractivity contribution >= 4 is 6.03 Å². The average Bonchev–Trinajstić information content (AvgIpc) is 2.87. The quantitative estimate of drug-likeness (QED) is 0.754. The summed E-state index contributed by atoms with van der Waals surface area (Å²) in [5, 5.41) is 15.5. The van der Waals surface area contributed by atoms with Crippen LogP contribution < -0.4 is 10.6 Å². The number of nitrogens with one attached hydrogen (secondary N) is 2. The molecule has 6 heteroatoms. The maximum absolute atomic E-state index is 13.0. The zero-order valence-corrected chi connectivity index (χ0v) is 12.4. The van der Waals surface area contributed by atoms with Crippen LogP contribution in [0.25, 0.3) is 0 Å². The first-order valence-electron chi connectivity index (χ1n) is 7.56. The van der Waals surface area contributed by atoms with Crippen LogP contribution >= 0.6 is 0 Å². The van der Waals surface area contributed by atoms with E-state index < -0.39 is 24.2 Å². The first kappa shape index (κ1) is 16.7. The Morgan fingerprint density at radius 3 is 2.64 bits per heavy atom. The lowest BCUT2D eigenvalue weighted by Crippen LogP contribution is -2.47. The summed E-state index contributed by atoms with van der Waals surface area (Å²) in [5.41, 5.74) is 0.471. The van der Waals surface area contributed by atoms with Crippen molar-refractivity contribution in [2.24, 2.45) is 5.41 Å². The van der Waals surface area contributed by atoms with Crippen molar-refractivity contribution in [2.45, 2.75) is 31.8 Å². The summed E-state index contributed by atoms with van der Waals surface area (Å²) in [6.45, 7) is -0.334. The molecule has 2 atom stereocenters. The summed E-state index contributed by atoms with van der Waals surface area (Å²) in [7, 11) is 0. The third kappa shape index (κ3) is 4.16. The van der Waals surface area contributed by atoms with Crippen molar-refractivity contribution in [3.63, 3.8) is 0 Å². The molecule has 0 aromatic heterocycles. The highest BCUT2D eigenvalue weighted by Gasteiger charge is 2.42. The number of urea groups is 1. The molecule has 0 saturated heterocycles. The van der Waals surface area contributed by atoms with Crippen LogP contribution in [0.3, 0.4) is 0 Å². The van der Waals surface area contributed by atoms with Gasteiger partial charge in [0, 0.05) is 18.5 Å². The van der Waals surface area contributed by atoms with Crippen LogP contribution in [0.1, 0.15) is 24.8 Å². The predicted molar refractivity (Wildman–Crippen MR) is 79.8 cm³/mol. The van der Waals surface area contributed by atoms with Crippen LogP contribution in [0.4, 0.5) is 13.6 Å². The zero-order chi connectivity index (χ0) is 16.0. The van der Waals surface area contributed by atoms with Crippen LogP contribution in [0.2, 0.25) is 0 Å². The molecule has 2 rings (SSSR count). The van der Waals surface area contributed by atoms with Gasteiger partial charge in [-0.3, -0.25) is 0 Å². The van der Waals surface area contributed by atoms with Gasteiger partial charge in [0.15, 0.2) is 0 Å². The monoisotopic (exact) mass is 312 g/mol. The number of alkyl halides is 1. The van der Waals surface area contributed by atoms with E-state index in [1.54, 1.807) is 12.1 Å². The topological polar surface area (TPSA) is 61.4 Å². The minimum absolute atomic E-state index is 0.0284. The molecule has 1 aliphatic carbocycles. The summed E-state index contributed by atoms with van der Waals surface area (Å²) in [4.78, 5) is 11.6. The SMILES string of the molecule is O=C(NCCF)NCC1(Cc2ccc(F)cc2)CCCC1O. The Labute approximate surface area is 128 Å². The molecule has 1 aromatic carbocycles. The Morgan fingerprint density at radius 1 is 1.32 bits per heavy atom. The molecule has 22 heavy (non-hydrogen) atoms. The lowest BCUT2D eigenvalue weighted by molar-refractivity contribution is 0.0540. The Hall–Kier alpha value is -1.69. The third-order valence-corrected chi connectivity index (χ3v) is 4.31. The lowest BCUT2D eigenvalue weighted by atomic mass is 9.78. The van der Waals surface area contributed by atoms with Crippen LogP contribution in [0.15, 0.2) is 24.3 Å². The molecule has 4 nitrogen and oxygen atoms in total. The number of aliphatic hydroxyl groups is 1. The largest absolute Gasteiger partial charge is 0.392 e. The van der Waals surface area contributed by atoms with E-state index in [1.807, 2.05) is 0 Å². The van der Waals surface area contributed by atoms with Crippen LogP contribution in [-0.2, 0) is 6.42 Å². The molecule has 0 radical (unpaired) electrons. The predicted octanol–water partition coefficient (Wildman–Crippen LogP) is 2.17. The molecule has 3 N–H and O–H groups in total.